The first-order valence-electron chi connectivity index (χ1n) is 7.54. The summed E-state index contributed by atoms with van der Waals surface area (Å²) in [4.78, 5) is 0. The number of hydrogen-bond donors (Lipinski definition) is 1. The van der Waals surface area contributed by atoms with E-state index in [1.54, 1.807) is 0 Å². The Kier molecular flexibility index (Phi) is 7.71. The van der Waals surface area contributed by atoms with Gasteiger partial charge in [-0.25, -0.2) is 13.1 Å². The van der Waals surface area contributed by atoms with E-state index in [4.69, 9.17) is 11.6 Å². The molecule has 0 saturated carbocycles. The van der Waals surface area contributed by atoms with Crippen LogP contribution in [-0.4, -0.2) is 20.1 Å². The Balaban J connectivity index is 2.81. The van der Waals surface area contributed by atoms with Gasteiger partial charge in [-0.05, 0) is 36.3 Å². The van der Waals surface area contributed by atoms with E-state index in [-0.39, 0.29) is 17.7 Å². The zero-order valence-electron chi connectivity index (χ0n) is 13.1. The number of sulfonamides is 1. The predicted molar refractivity (Wildman–Crippen MR) is 90.3 cm³/mol. The third-order valence-corrected chi connectivity index (χ3v) is 5.22. The van der Waals surface area contributed by atoms with E-state index in [2.05, 4.69) is 23.8 Å². The Morgan fingerprint density at radius 2 is 1.76 bits per heavy atom. The lowest BCUT2D eigenvalue weighted by Crippen LogP contribution is -2.33. The molecule has 21 heavy (non-hydrogen) atoms. The molecule has 0 aromatic heterocycles. The van der Waals surface area contributed by atoms with Crippen LogP contribution in [0.15, 0.2) is 24.3 Å². The van der Waals surface area contributed by atoms with Gasteiger partial charge in [-0.1, -0.05) is 45.0 Å². The van der Waals surface area contributed by atoms with Gasteiger partial charge in [0, 0.05) is 11.9 Å². The van der Waals surface area contributed by atoms with Crippen LogP contribution in [-0.2, 0) is 16.4 Å². The number of rotatable bonds is 9. The molecule has 0 saturated heterocycles. The first-order chi connectivity index (χ1) is 9.89. The first kappa shape index (κ1) is 18.5. The largest absolute Gasteiger partial charge is 0.212 e. The zero-order valence-corrected chi connectivity index (χ0v) is 14.7. The third kappa shape index (κ3) is 6.37. The predicted octanol–water partition coefficient (Wildman–Crippen LogP) is 3.88. The van der Waals surface area contributed by atoms with E-state index in [1.807, 2.05) is 26.0 Å². The van der Waals surface area contributed by atoms with E-state index in [0.717, 1.165) is 18.4 Å². The van der Waals surface area contributed by atoms with Crippen molar-refractivity contribution in [3.8, 4) is 0 Å². The van der Waals surface area contributed by atoms with Crippen molar-refractivity contribution < 1.29 is 8.42 Å². The van der Waals surface area contributed by atoms with Gasteiger partial charge >= 0.3 is 0 Å². The van der Waals surface area contributed by atoms with Gasteiger partial charge in [-0.2, -0.15) is 0 Å². The molecule has 0 amide bonds. The van der Waals surface area contributed by atoms with Crippen LogP contribution >= 0.6 is 11.6 Å². The van der Waals surface area contributed by atoms with Crippen LogP contribution in [0.3, 0.4) is 0 Å². The first-order valence-corrected chi connectivity index (χ1v) is 9.73. The summed E-state index contributed by atoms with van der Waals surface area (Å²) >= 11 is 5.60. The highest BCUT2D eigenvalue weighted by molar-refractivity contribution is 7.89. The Morgan fingerprint density at radius 3 is 2.24 bits per heavy atom. The van der Waals surface area contributed by atoms with E-state index in [1.165, 1.54) is 5.56 Å². The second-order valence-electron chi connectivity index (χ2n) is 5.65. The minimum atomic E-state index is -3.27. The summed E-state index contributed by atoms with van der Waals surface area (Å²) in [7, 11) is -3.27. The van der Waals surface area contributed by atoms with Crippen molar-refractivity contribution in [3.05, 3.63) is 35.4 Å². The maximum absolute atomic E-state index is 12.2. The quantitative estimate of drug-likeness (QED) is 0.551. The van der Waals surface area contributed by atoms with Crippen molar-refractivity contribution >= 4 is 21.6 Å². The van der Waals surface area contributed by atoms with Gasteiger partial charge in [0.2, 0.25) is 10.0 Å². The number of aryl methyl sites for hydroxylation is 1. The number of halogens is 1. The SMILES string of the molecule is CCc1ccc(C(NS(=O)(=O)CCCCCl)C(C)C)cc1. The van der Waals surface area contributed by atoms with Crippen molar-refractivity contribution in [1.82, 2.24) is 4.72 Å². The summed E-state index contributed by atoms with van der Waals surface area (Å²) in [5.74, 6) is 0.831. The third-order valence-electron chi connectivity index (χ3n) is 3.52. The fraction of sp³-hybridized carbons (Fsp3) is 0.625. The summed E-state index contributed by atoms with van der Waals surface area (Å²) in [6.45, 7) is 6.16. The van der Waals surface area contributed by atoms with Crippen molar-refractivity contribution in [2.24, 2.45) is 5.92 Å². The molecular weight excluding hydrogens is 306 g/mol. The number of hydrogen-bond acceptors (Lipinski definition) is 2. The molecule has 0 radical (unpaired) electrons. The van der Waals surface area contributed by atoms with Crippen LogP contribution in [0.4, 0.5) is 0 Å². The van der Waals surface area contributed by atoms with Gasteiger partial charge in [0.25, 0.3) is 0 Å². The highest BCUT2D eigenvalue weighted by atomic mass is 35.5. The van der Waals surface area contributed by atoms with Gasteiger partial charge < -0.3 is 0 Å². The highest BCUT2D eigenvalue weighted by Crippen LogP contribution is 2.23. The summed E-state index contributed by atoms with van der Waals surface area (Å²) < 4.78 is 27.2. The molecule has 1 N–H and O–H groups in total. The van der Waals surface area contributed by atoms with Crippen LogP contribution in [0.25, 0.3) is 0 Å². The summed E-state index contributed by atoms with van der Waals surface area (Å²) in [6.07, 6.45) is 2.30. The average Bonchev–Trinajstić information content (AvgIpc) is 2.45. The fourth-order valence-electron chi connectivity index (χ4n) is 2.19. The smallest absolute Gasteiger partial charge is 0.212 e. The molecule has 1 aromatic carbocycles. The van der Waals surface area contributed by atoms with Gasteiger partial charge in [-0.15, -0.1) is 11.6 Å². The lowest BCUT2D eigenvalue weighted by atomic mass is 9.96. The van der Waals surface area contributed by atoms with Crippen molar-refractivity contribution in [3.63, 3.8) is 0 Å². The molecule has 0 fully saturated rings. The molecule has 120 valence electrons. The molecule has 0 bridgehead atoms. The standard InChI is InChI=1S/C16H26ClNO2S/c1-4-14-7-9-15(10-8-14)16(13(2)3)18-21(19,20)12-6-5-11-17/h7-10,13,16,18H,4-6,11-12H2,1-3H3. The number of unbranched alkanes of at least 4 members (excludes halogenated alkanes) is 1. The van der Waals surface area contributed by atoms with Crippen LogP contribution < -0.4 is 4.72 Å². The van der Waals surface area contributed by atoms with Gasteiger partial charge in [0.15, 0.2) is 0 Å². The van der Waals surface area contributed by atoms with Crippen molar-refractivity contribution in [1.29, 1.82) is 0 Å². The van der Waals surface area contributed by atoms with E-state index < -0.39 is 10.0 Å². The molecule has 0 aliphatic carbocycles. The molecule has 0 aliphatic heterocycles. The Bertz CT molecular complexity index is 512. The molecule has 1 rings (SSSR count). The molecular formula is C16H26ClNO2S. The summed E-state index contributed by atoms with van der Waals surface area (Å²) in [5, 5.41) is 0. The number of benzene rings is 1. The Hall–Kier alpha value is -0.580. The monoisotopic (exact) mass is 331 g/mol. The number of nitrogens with one attached hydrogen (secondary N) is 1. The van der Waals surface area contributed by atoms with Crippen LogP contribution in [0.5, 0.6) is 0 Å². The molecule has 1 unspecified atom stereocenters. The lowest BCUT2D eigenvalue weighted by Gasteiger charge is -2.23. The van der Waals surface area contributed by atoms with E-state index in [0.29, 0.717) is 12.3 Å². The van der Waals surface area contributed by atoms with Gasteiger partial charge in [-0.3, -0.25) is 0 Å². The fourth-order valence-corrected chi connectivity index (χ4v) is 3.87. The molecule has 5 heteroatoms. The van der Waals surface area contributed by atoms with Crippen molar-refractivity contribution in [2.75, 3.05) is 11.6 Å². The zero-order chi connectivity index (χ0) is 15.9. The summed E-state index contributed by atoms with van der Waals surface area (Å²) in [5.41, 5.74) is 2.27. The normalized spacial score (nSPS) is 13.6. The maximum Gasteiger partial charge on any atom is 0.212 e. The van der Waals surface area contributed by atoms with Crippen LogP contribution in [0.1, 0.15) is 50.8 Å². The van der Waals surface area contributed by atoms with Crippen molar-refractivity contribution in [2.45, 2.75) is 46.1 Å². The van der Waals surface area contributed by atoms with Crippen LogP contribution in [0, 0.1) is 5.92 Å². The van der Waals surface area contributed by atoms with Gasteiger partial charge in [0.1, 0.15) is 0 Å². The topological polar surface area (TPSA) is 46.2 Å². The lowest BCUT2D eigenvalue weighted by molar-refractivity contribution is 0.462. The highest BCUT2D eigenvalue weighted by Gasteiger charge is 2.22. The average molecular weight is 332 g/mol. The second-order valence-corrected chi connectivity index (χ2v) is 7.90. The van der Waals surface area contributed by atoms with E-state index >= 15 is 0 Å². The molecule has 3 nitrogen and oxygen atoms in total. The molecule has 0 spiro atoms. The van der Waals surface area contributed by atoms with Gasteiger partial charge in [0.05, 0.1) is 5.75 Å². The Labute approximate surface area is 134 Å². The summed E-state index contributed by atoms with van der Waals surface area (Å²) in [6, 6.07) is 7.98. The maximum atomic E-state index is 12.2. The van der Waals surface area contributed by atoms with Crippen LogP contribution in [0.2, 0.25) is 0 Å². The molecule has 0 heterocycles. The minimum absolute atomic E-state index is 0.135. The molecule has 1 aromatic rings. The minimum Gasteiger partial charge on any atom is -0.212 e. The molecule has 0 aliphatic rings. The number of alkyl halides is 1. The second kappa shape index (κ2) is 8.76. The molecule has 1 atom stereocenters. The van der Waals surface area contributed by atoms with E-state index in [9.17, 15) is 8.42 Å². The Morgan fingerprint density at radius 1 is 1.14 bits per heavy atom.